The van der Waals surface area contributed by atoms with Crippen molar-refractivity contribution in [3.63, 3.8) is 0 Å². The molecule has 0 N–H and O–H groups in total. The molecule has 1 aliphatic heterocycles. The lowest BCUT2D eigenvalue weighted by atomic mass is 9.94. The molecule has 0 aromatic heterocycles. The maximum absolute atomic E-state index is 12.3. The molecule has 0 radical (unpaired) electrons. The summed E-state index contributed by atoms with van der Waals surface area (Å²) in [5.74, 6) is 1.41. The van der Waals surface area contributed by atoms with Gasteiger partial charge in [-0.15, -0.1) is 0 Å². The van der Waals surface area contributed by atoms with E-state index in [0.717, 1.165) is 81.3 Å². The van der Waals surface area contributed by atoms with E-state index in [2.05, 4.69) is 25.1 Å². The third-order valence-corrected chi connectivity index (χ3v) is 7.77. The predicted octanol–water partition coefficient (Wildman–Crippen LogP) is 7.56. The van der Waals surface area contributed by atoms with Gasteiger partial charge in [-0.05, 0) is 94.0 Å². The molecule has 0 saturated carbocycles. The minimum atomic E-state index is -0.160. The molecule has 0 aliphatic carbocycles. The second kappa shape index (κ2) is 19.0. The van der Waals surface area contributed by atoms with Crippen molar-refractivity contribution in [3.05, 3.63) is 58.1 Å². The van der Waals surface area contributed by atoms with Gasteiger partial charge in [0.2, 0.25) is 0 Å². The van der Waals surface area contributed by atoms with E-state index in [1.807, 2.05) is 26.0 Å². The van der Waals surface area contributed by atoms with Gasteiger partial charge in [0.15, 0.2) is 5.78 Å². The van der Waals surface area contributed by atoms with Gasteiger partial charge in [0.1, 0.15) is 11.5 Å². The van der Waals surface area contributed by atoms with E-state index in [0.29, 0.717) is 57.7 Å². The molecule has 1 heterocycles. The summed E-state index contributed by atoms with van der Waals surface area (Å²) in [6, 6.07) is 10.4. The third-order valence-electron chi connectivity index (χ3n) is 7.77. The predicted molar refractivity (Wildman–Crippen MR) is 168 cm³/mol. The Labute approximate surface area is 257 Å². The van der Waals surface area contributed by atoms with Crippen molar-refractivity contribution in [1.82, 2.24) is 0 Å². The highest BCUT2D eigenvalue weighted by molar-refractivity contribution is 6.00. The molecule has 0 fully saturated rings. The van der Waals surface area contributed by atoms with Gasteiger partial charge in [0.25, 0.3) is 0 Å². The van der Waals surface area contributed by atoms with E-state index in [4.69, 9.17) is 18.9 Å². The number of esters is 2. The van der Waals surface area contributed by atoms with E-state index < -0.39 is 0 Å². The number of hydrogen-bond donors (Lipinski definition) is 0. The zero-order valence-electron chi connectivity index (χ0n) is 26.5. The van der Waals surface area contributed by atoms with Crippen molar-refractivity contribution in [2.75, 3.05) is 26.4 Å². The minimum absolute atomic E-state index is 0.133. The smallest absolute Gasteiger partial charge is 0.306 e. The molecule has 0 unspecified atom stereocenters. The number of ketones is 1. The van der Waals surface area contributed by atoms with Crippen molar-refractivity contribution in [3.8, 4) is 11.5 Å². The van der Waals surface area contributed by atoms with E-state index in [9.17, 15) is 14.4 Å². The molecule has 43 heavy (non-hydrogen) atoms. The summed E-state index contributed by atoms with van der Waals surface area (Å²) in [5.41, 5.74) is 5.46. The normalized spacial score (nSPS) is 12.4. The molecule has 7 heteroatoms. The third kappa shape index (κ3) is 11.3. The zero-order valence-corrected chi connectivity index (χ0v) is 26.5. The first-order valence-electron chi connectivity index (χ1n) is 16.3. The summed E-state index contributed by atoms with van der Waals surface area (Å²) < 4.78 is 22.2. The molecule has 3 rings (SSSR count). The molecule has 2 aromatic carbocycles. The van der Waals surface area contributed by atoms with Crippen LogP contribution in [0.4, 0.5) is 0 Å². The fourth-order valence-electron chi connectivity index (χ4n) is 5.56. The number of aryl methyl sites for hydroxylation is 3. The molecule has 1 aliphatic rings. The Morgan fingerprint density at radius 1 is 0.767 bits per heavy atom. The summed E-state index contributed by atoms with van der Waals surface area (Å²) >= 11 is 0. The van der Waals surface area contributed by atoms with Crippen LogP contribution in [-0.4, -0.2) is 44.1 Å². The standard InChI is InChI=1S/C36H50O7/c1-4-13-31-33(21-20-30-32(37)23-25-43-36(30)31)42-24-12-8-7-9-15-28-18-17-27(14-10-11-16-34(38)40-5-2)26-29(28)19-22-35(39)41-6-3/h17-18,20-21,26H,4-16,19,22-25H2,1-3H3. The fraction of sp³-hybridized carbons (Fsp3) is 0.583. The molecule has 236 valence electrons. The summed E-state index contributed by atoms with van der Waals surface area (Å²) in [7, 11) is 0. The quantitative estimate of drug-likeness (QED) is 0.115. The minimum Gasteiger partial charge on any atom is -0.493 e. The number of carbonyl (C=O) groups is 3. The molecule has 0 atom stereocenters. The Balaban J connectivity index is 1.47. The number of benzene rings is 2. The molecule has 0 saturated heterocycles. The molecule has 0 amide bonds. The molecule has 0 bridgehead atoms. The molecule has 7 nitrogen and oxygen atoms in total. The van der Waals surface area contributed by atoms with Crippen molar-refractivity contribution < 1.29 is 33.3 Å². The second-order valence-corrected chi connectivity index (χ2v) is 11.1. The van der Waals surface area contributed by atoms with Crippen molar-refractivity contribution >= 4 is 17.7 Å². The van der Waals surface area contributed by atoms with Crippen LogP contribution in [0, 0.1) is 0 Å². The molecular weight excluding hydrogens is 544 g/mol. The number of ether oxygens (including phenoxy) is 4. The van der Waals surface area contributed by atoms with Gasteiger partial charge in [0.05, 0.1) is 32.0 Å². The SMILES string of the molecule is CCCc1c(OCCCCCCc2ccc(CCCCC(=O)OCC)cc2CCC(=O)OCC)ccc2c1OCCC2=O. The zero-order chi connectivity index (χ0) is 30.9. The number of Topliss-reactive ketones (excluding diaryl/α,β-unsaturated/α-hetero) is 1. The van der Waals surface area contributed by atoms with Crippen LogP contribution in [0.25, 0.3) is 0 Å². The second-order valence-electron chi connectivity index (χ2n) is 11.1. The van der Waals surface area contributed by atoms with E-state index in [1.165, 1.54) is 16.7 Å². The van der Waals surface area contributed by atoms with Crippen LogP contribution < -0.4 is 9.47 Å². The number of unbranched alkanes of at least 4 members (excludes halogenated alkanes) is 4. The van der Waals surface area contributed by atoms with Crippen molar-refractivity contribution in [1.29, 1.82) is 0 Å². The van der Waals surface area contributed by atoms with Gasteiger partial charge >= 0.3 is 11.9 Å². The highest BCUT2D eigenvalue weighted by Gasteiger charge is 2.23. The van der Waals surface area contributed by atoms with Gasteiger partial charge in [-0.2, -0.15) is 0 Å². The Morgan fingerprint density at radius 2 is 1.51 bits per heavy atom. The van der Waals surface area contributed by atoms with Crippen LogP contribution >= 0.6 is 0 Å². The lowest BCUT2D eigenvalue weighted by molar-refractivity contribution is -0.144. The van der Waals surface area contributed by atoms with E-state index in [-0.39, 0.29) is 17.7 Å². The van der Waals surface area contributed by atoms with Gasteiger partial charge < -0.3 is 18.9 Å². The largest absolute Gasteiger partial charge is 0.493 e. The molecule has 2 aromatic rings. The number of fused-ring (bicyclic) bond motifs is 1. The van der Waals surface area contributed by atoms with Crippen LogP contribution in [0.15, 0.2) is 30.3 Å². The highest BCUT2D eigenvalue weighted by atomic mass is 16.5. The summed E-state index contributed by atoms with van der Waals surface area (Å²) in [4.78, 5) is 35.9. The Kier molecular flexibility index (Phi) is 15.1. The lowest BCUT2D eigenvalue weighted by Gasteiger charge is -2.22. The van der Waals surface area contributed by atoms with E-state index >= 15 is 0 Å². The summed E-state index contributed by atoms with van der Waals surface area (Å²) in [6.45, 7) is 7.68. The molecule has 0 spiro atoms. The first-order valence-corrected chi connectivity index (χ1v) is 16.3. The molecular formula is C36H50O7. The summed E-state index contributed by atoms with van der Waals surface area (Å²) in [6.07, 6.45) is 11.5. The maximum Gasteiger partial charge on any atom is 0.306 e. The highest BCUT2D eigenvalue weighted by Crippen LogP contribution is 2.36. The van der Waals surface area contributed by atoms with Gasteiger partial charge in [0, 0.05) is 24.8 Å². The van der Waals surface area contributed by atoms with Gasteiger partial charge in [-0.1, -0.05) is 44.4 Å². The average molecular weight is 595 g/mol. The first-order chi connectivity index (χ1) is 21.0. The van der Waals surface area contributed by atoms with Crippen molar-refractivity contribution in [2.24, 2.45) is 0 Å². The maximum atomic E-state index is 12.3. The van der Waals surface area contributed by atoms with Crippen LogP contribution in [0.1, 0.15) is 118 Å². The number of rotatable bonds is 20. The van der Waals surface area contributed by atoms with Crippen molar-refractivity contribution in [2.45, 2.75) is 111 Å². The lowest BCUT2D eigenvalue weighted by Crippen LogP contribution is -2.17. The Hall–Kier alpha value is -3.35. The van der Waals surface area contributed by atoms with Gasteiger partial charge in [-0.25, -0.2) is 0 Å². The monoisotopic (exact) mass is 594 g/mol. The Morgan fingerprint density at radius 3 is 2.28 bits per heavy atom. The number of hydrogen-bond acceptors (Lipinski definition) is 7. The number of carbonyl (C=O) groups excluding carboxylic acids is 3. The summed E-state index contributed by atoms with van der Waals surface area (Å²) in [5, 5.41) is 0. The van der Waals surface area contributed by atoms with E-state index in [1.54, 1.807) is 0 Å². The van der Waals surface area contributed by atoms with Crippen LogP contribution in [0.3, 0.4) is 0 Å². The topological polar surface area (TPSA) is 88.1 Å². The average Bonchev–Trinajstić information content (AvgIpc) is 3.00. The van der Waals surface area contributed by atoms with Crippen LogP contribution in [0.5, 0.6) is 11.5 Å². The first kappa shape index (κ1) is 34.1. The Bertz CT molecular complexity index is 1190. The fourth-order valence-corrected chi connectivity index (χ4v) is 5.56. The van der Waals surface area contributed by atoms with Crippen LogP contribution in [0.2, 0.25) is 0 Å². The van der Waals surface area contributed by atoms with Crippen LogP contribution in [-0.2, 0) is 44.7 Å². The van der Waals surface area contributed by atoms with Gasteiger partial charge in [-0.3, -0.25) is 14.4 Å².